The smallest absolute Gasteiger partial charge is 0.401 e. The molecule has 1 atom stereocenters. The molecule has 1 unspecified atom stereocenters. The second kappa shape index (κ2) is 14.4. The molecule has 1 aromatic heterocycles. The number of nitrogens with zero attached hydrogens (tertiary/aromatic N) is 3. The van der Waals surface area contributed by atoms with Gasteiger partial charge >= 0.3 is 12.1 Å². The van der Waals surface area contributed by atoms with Gasteiger partial charge in [-0.3, -0.25) is 4.98 Å². The highest BCUT2D eigenvalue weighted by Gasteiger charge is 2.58. The van der Waals surface area contributed by atoms with E-state index in [1.54, 1.807) is 48.5 Å². The summed E-state index contributed by atoms with van der Waals surface area (Å²) in [6.07, 6.45) is -2.05. The third kappa shape index (κ3) is 8.47. The van der Waals surface area contributed by atoms with E-state index in [-0.39, 0.29) is 18.7 Å². The van der Waals surface area contributed by atoms with Gasteiger partial charge in [-0.05, 0) is 65.2 Å². The quantitative estimate of drug-likeness (QED) is 0.108. The molecule has 0 saturated heterocycles. The molecule has 2 heterocycles. The molecule has 15 heteroatoms. The fourth-order valence-corrected chi connectivity index (χ4v) is 4.68. The Morgan fingerprint density at radius 2 is 1.56 bits per heavy atom. The topological polar surface area (TPSA) is 98.6 Å². The van der Waals surface area contributed by atoms with Crippen LogP contribution in [0, 0.1) is 23.5 Å². The average Bonchev–Trinajstić information content (AvgIpc) is 3.56. The minimum absolute atomic E-state index is 0.0872. The standard InChI is InChI=1S/C33H27F7N6O2/c34-26-10-13-28(29(35)15-26)31(47,20-46-21-43-44-45-46)33(39,40)30-14-9-24(17-42-30)2-1-22-7-11-27(12-8-22)48-18-25-5-3-23(4-6-25)16-41-19-32(36,37)38/h3-15,17,21,41,44-45,47H,16,18-20H2/p+1. The molecule has 0 aliphatic carbocycles. The molecule has 0 fully saturated rings. The zero-order valence-corrected chi connectivity index (χ0v) is 24.9. The van der Waals surface area contributed by atoms with Crippen LogP contribution >= 0.6 is 0 Å². The summed E-state index contributed by atoms with van der Waals surface area (Å²) in [5.41, 5.74) is 1.22. The minimum atomic E-state index is -4.27. The number of ether oxygens (including phenoxy) is 1. The molecule has 1 aliphatic heterocycles. The normalized spacial score (nSPS) is 14.4. The Kier molecular flexibility index (Phi) is 10.3. The summed E-state index contributed by atoms with van der Waals surface area (Å²) < 4.78 is 103. The Labute approximate surface area is 270 Å². The van der Waals surface area contributed by atoms with E-state index in [1.165, 1.54) is 11.6 Å². The SMILES string of the molecule is OC(CN1C=N[NH2+]N1)(c1ccc(F)cc1F)C(F)(F)c1ccc(C#Cc2ccc(OCc3ccc(CNCC(F)(F)F)cc3)cc2)cn1. The van der Waals surface area contributed by atoms with Gasteiger partial charge in [0.25, 0.3) is 0 Å². The van der Waals surface area contributed by atoms with Crippen LogP contribution in [0.1, 0.15) is 33.5 Å². The van der Waals surface area contributed by atoms with Gasteiger partial charge in [-0.2, -0.15) is 22.0 Å². The maximum Gasteiger partial charge on any atom is 0.401 e. The summed E-state index contributed by atoms with van der Waals surface area (Å²) in [7, 11) is 0. The van der Waals surface area contributed by atoms with E-state index in [9.17, 15) is 27.1 Å². The highest BCUT2D eigenvalue weighted by Crippen LogP contribution is 2.46. The van der Waals surface area contributed by atoms with Crippen molar-refractivity contribution in [3.05, 3.63) is 130 Å². The molecule has 5 N–H and O–H groups in total. The Hall–Kier alpha value is -5.01. The van der Waals surface area contributed by atoms with Crippen molar-refractivity contribution >= 4 is 6.34 Å². The number of nitrogens with two attached hydrogens (primary N) is 1. The van der Waals surface area contributed by atoms with E-state index in [4.69, 9.17) is 4.74 Å². The largest absolute Gasteiger partial charge is 0.489 e. The van der Waals surface area contributed by atoms with Crippen LogP contribution in [-0.4, -0.2) is 40.7 Å². The van der Waals surface area contributed by atoms with Crippen LogP contribution in [-0.2, 0) is 24.7 Å². The number of hydrogen-bond donors (Lipinski definition) is 4. The summed E-state index contributed by atoms with van der Waals surface area (Å²) in [6, 6.07) is 17.9. The molecular weight excluding hydrogens is 645 g/mol. The van der Waals surface area contributed by atoms with Gasteiger partial charge in [-0.15, -0.1) is 5.53 Å². The van der Waals surface area contributed by atoms with E-state index in [0.717, 1.165) is 41.3 Å². The van der Waals surface area contributed by atoms with Gasteiger partial charge in [0.15, 0.2) is 11.9 Å². The van der Waals surface area contributed by atoms with Crippen LogP contribution in [0.15, 0.2) is 90.2 Å². The van der Waals surface area contributed by atoms with Crippen LogP contribution in [0.2, 0.25) is 0 Å². The zero-order chi connectivity index (χ0) is 34.4. The van der Waals surface area contributed by atoms with Crippen molar-refractivity contribution in [2.45, 2.75) is 30.9 Å². The number of aliphatic hydroxyl groups is 1. The van der Waals surface area contributed by atoms with Crippen LogP contribution in [0.4, 0.5) is 30.7 Å². The molecule has 1 aliphatic rings. The van der Waals surface area contributed by atoms with E-state index < -0.39 is 53.7 Å². The lowest BCUT2D eigenvalue weighted by Gasteiger charge is -2.37. The fourth-order valence-electron chi connectivity index (χ4n) is 4.68. The number of pyridine rings is 1. The first-order chi connectivity index (χ1) is 22.8. The Balaban J connectivity index is 1.22. The number of benzene rings is 3. The average molecular weight is 674 g/mol. The number of rotatable bonds is 11. The molecule has 3 aromatic carbocycles. The highest BCUT2D eigenvalue weighted by molar-refractivity contribution is 5.54. The van der Waals surface area contributed by atoms with Crippen molar-refractivity contribution in [1.82, 2.24) is 20.8 Å². The molecule has 250 valence electrons. The first kappa shape index (κ1) is 34.3. The van der Waals surface area contributed by atoms with E-state index in [1.807, 2.05) is 0 Å². The van der Waals surface area contributed by atoms with E-state index in [0.29, 0.717) is 22.9 Å². The second-order valence-electron chi connectivity index (χ2n) is 10.7. The van der Waals surface area contributed by atoms with Crippen LogP contribution in [0.25, 0.3) is 0 Å². The number of hydrazine groups is 1. The van der Waals surface area contributed by atoms with Gasteiger partial charge in [-0.25, -0.2) is 13.8 Å². The molecule has 0 radical (unpaired) electrons. The summed E-state index contributed by atoms with van der Waals surface area (Å²) in [5, 5.41) is 18.4. The predicted octanol–water partition coefficient (Wildman–Crippen LogP) is 4.21. The zero-order valence-electron chi connectivity index (χ0n) is 24.9. The lowest BCUT2D eigenvalue weighted by atomic mass is 9.84. The molecular formula is C33H28F7N6O2+. The van der Waals surface area contributed by atoms with Crippen LogP contribution < -0.4 is 21.1 Å². The summed E-state index contributed by atoms with van der Waals surface area (Å²) >= 11 is 0. The summed E-state index contributed by atoms with van der Waals surface area (Å²) in [5.74, 6) is -0.248. The molecule has 0 bridgehead atoms. The Bertz CT molecular complexity index is 1790. The monoisotopic (exact) mass is 673 g/mol. The second-order valence-corrected chi connectivity index (χ2v) is 10.7. The molecule has 48 heavy (non-hydrogen) atoms. The van der Waals surface area contributed by atoms with Crippen molar-refractivity contribution in [2.24, 2.45) is 5.10 Å². The van der Waals surface area contributed by atoms with Gasteiger partial charge in [0, 0.05) is 35.5 Å². The van der Waals surface area contributed by atoms with Gasteiger partial charge < -0.3 is 15.2 Å². The number of β-amino-alcohol motifs (C(OH)–C–C–N with tert-alkyl or cyclic N) is 1. The number of alkyl halides is 5. The predicted molar refractivity (Wildman–Crippen MR) is 160 cm³/mol. The first-order valence-electron chi connectivity index (χ1n) is 14.3. The Morgan fingerprint density at radius 1 is 0.875 bits per heavy atom. The first-order valence-corrected chi connectivity index (χ1v) is 14.3. The number of hydrogen-bond acceptors (Lipinski definition) is 7. The van der Waals surface area contributed by atoms with E-state index in [2.05, 4.69) is 32.8 Å². The van der Waals surface area contributed by atoms with E-state index >= 15 is 8.78 Å². The number of quaternary nitrogens is 1. The van der Waals surface area contributed by atoms with Crippen molar-refractivity contribution in [3.63, 3.8) is 0 Å². The van der Waals surface area contributed by atoms with Crippen molar-refractivity contribution in [3.8, 4) is 17.6 Å². The molecule has 0 spiro atoms. The van der Waals surface area contributed by atoms with Crippen molar-refractivity contribution in [2.75, 3.05) is 13.1 Å². The van der Waals surface area contributed by atoms with Crippen molar-refractivity contribution < 1.29 is 46.1 Å². The molecule has 8 nitrogen and oxygen atoms in total. The number of nitrogens with one attached hydrogen (secondary N) is 2. The molecule has 0 amide bonds. The van der Waals surface area contributed by atoms with Crippen molar-refractivity contribution in [1.29, 1.82) is 0 Å². The van der Waals surface area contributed by atoms with Crippen LogP contribution in [0.5, 0.6) is 5.75 Å². The van der Waals surface area contributed by atoms with Gasteiger partial charge in [0.2, 0.25) is 0 Å². The maximum atomic E-state index is 15.9. The third-order valence-electron chi connectivity index (χ3n) is 7.17. The van der Waals surface area contributed by atoms with Gasteiger partial charge in [0.05, 0.1) is 13.1 Å². The van der Waals surface area contributed by atoms with Gasteiger partial charge in [-0.1, -0.05) is 41.2 Å². The maximum absolute atomic E-state index is 15.9. The highest BCUT2D eigenvalue weighted by atomic mass is 19.4. The number of aromatic nitrogens is 1. The fraction of sp³-hybridized carbons (Fsp3) is 0.212. The molecule has 0 saturated carbocycles. The lowest BCUT2D eigenvalue weighted by Crippen LogP contribution is -2.87. The summed E-state index contributed by atoms with van der Waals surface area (Å²) in [6.45, 7) is -1.61. The minimum Gasteiger partial charge on any atom is -0.489 e. The number of halogens is 7. The molecule has 4 aromatic rings. The summed E-state index contributed by atoms with van der Waals surface area (Å²) in [4.78, 5) is 3.81. The Morgan fingerprint density at radius 3 is 2.19 bits per heavy atom. The van der Waals surface area contributed by atoms with Gasteiger partial charge in [0.1, 0.15) is 29.7 Å². The molecule has 5 rings (SSSR count). The third-order valence-corrected chi connectivity index (χ3v) is 7.17. The lowest BCUT2D eigenvalue weighted by molar-refractivity contribution is -0.725. The van der Waals surface area contributed by atoms with Crippen LogP contribution in [0.3, 0.4) is 0 Å².